The second-order valence-electron chi connectivity index (χ2n) is 3.99. The maximum atomic E-state index is 2.32. The summed E-state index contributed by atoms with van der Waals surface area (Å²) in [5.41, 5.74) is 3.93. The maximum Gasteiger partial charge on any atom is 0.0549 e. The van der Waals surface area contributed by atoms with Crippen LogP contribution in [0.5, 0.6) is 0 Å². The normalized spacial score (nSPS) is 13.5. The lowest BCUT2D eigenvalue weighted by Crippen LogP contribution is -2.15. The van der Waals surface area contributed by atoms with Gasteiger partial charge in [-0.15, -0.1) is 0 Å². The van der Waals surface area contributed by atoms with Crippen LogP contribution in [0, 0.1) is 0 Å². The molecule has 1 aliphatic rings. The lowest BCUT2D eigenvalue weighted by molar-refractivity contribution is 1.05. The van der Waals surface area contributed by atoms with Gasteiger partial charge in [0.2, 0.25) is 0 Å². The summed E-state index contributed by atoms with van der Waals surface area (Å²) in [6.45, 7) is 0.937. The smallest absolute Gasteiger partial charge is 0.0549 e. The first-order chi connectivity index (χ1) is 8.43. The van der Waals surface area contributed by atoms with Gasteiger partial charge in [0.05, 0.1) is 12.2 Å². The third-order valence-corrected chi connectivity index (χ3v) is 3.65. The average Bonchev–Trinajstić information content (AvgIpc) is 2.40. The summed E-state index contributed by atoms with van der Waals surface area (Å²) >= 11 is 1.75. The van der Waals surface area contributed by atoms with E-state index in [1.807, 2.05) is 0 Å². The quantitative estimate of drug-likeness (QED) is 0.718. The topological polar surface area (TPSA) is 3.24 Å². The van der Waals surface area contributed by atoms with Crippen LogP contribution in [0.2, 0.25) is 0 Å². The van der Waals surface area contributed by atoms with Gasteiger partial charge in [-0.1, -0.05) is 48.5 Å². The SMILES string of the molecule is C1=Cc2ccccc2N(Cc2ccccc2)S1. The molecule has 0 fully saturated rings. The van der Waals surface area contributed by atoms with Crippen molar-refractivity contribution in [3.05, 3.63) is 71.1 Å². The van der Waals surface area contributed by atoms with Crippen molar-refractivity contribution in [2.24, 2.45) is 0 Å². The zero-order valence-electron chi connectivity index (χ0n) is 9.41. The van der Waals surface area contributed by atoms with Crippen LogP contribution in [0.1, 0.15) is 11.1 Å². The van der Waals surface area contributed by atoms with Crippen LogP contribution in [-0.2, 0) is 6.54 Å². The molecule has 0 atom stereocenters. The minimum Gasteiger partial charge on any atom is -0.308 e. The number of para-hydroxylation sites is 1. The molecule has 0 N–H and O–H groups in total. The van der Waals surface area contributed by atoms with E-state index >= 15 is 0 Å². The van der Waals surface area contributed by atoms with Crippen molar-refractivity contribution in [3.8, 4) is 0 Å². The molecule has 0 bridgehead atoms. The van der Waals surface area contributed by atoms with Gasteiger partial charge in [0.25, 0.3) is 0 Å². The van der Waals surface area contributed by atoms with Gasteiger partial charge in [-0.25, -0.2) is 0 Å². The van der Waals surface area contributed by atoms with Crippen molar-refractivity contribution in [3.63, 3.8) is 0 Å². The highest BCUT2D eigenvalue weighted by Gasteiger charge is 2.13. The number of hydrogen-bond donors (Lipinski definition) is 0. The molecule has 0 amide bonds. The van der Waals surface area contributed by atoms with Crippen molar-refractivity contribution < 1.29 is 0 Å². The molecular weight excluding hydrogens is 226 g/mol. The summed E-state index contributed by atoms with van der Waals surface area (Å²) in [6, 6.07) is 19.1. The Balaban J connectivity index is 1.88. The van der Waals surface area contributed by atoms with Crippen LogP contribution >= 0.6 is 11.9 Å². The van der Waals surface area contributed by atoms with E-state index in [0.29, 0.717) is 0 Å². The second kappa shape index (κ2) is 4.68. The van der Waals surface area contributed by atoms with E-state index < -0.39 is 0 Å². The average molecular weight is 239 g/mol. The van der Waals surface area contributed by atoms with Crippen molar-refractivity contribution in [2.45, 2.75) is 6.54 Å². The number of anilines is 1. The molecule has 0 saturated carbocycles. The Morgan fingerprint density at radius 1 is 0.882 bits per heavy atom. The Kier molecular flexibility index (Phi) is 2.88. The zero-order chi connectivity index (χ0) is 11.5. The monoisotopic (exact) mass is 239 g/mol. The minimum absolute atomic E-state index is 0.937. The molecule has 1 heterocycles. The molecule has 0 radical (unpaired) electrons. The first-order valence-electron chi connectivity index (χ1n) is 5.67. The highest BCUT2D eigenvalue weighted by molar-refractivity contribution is 8.03. The van der Waals surface area contributed by atoms with Crippen LogP contribution in [0.25, 0.3) is 6.08 Å². The van der Waals surface area contributed by atoms with Crippen molar-refractivity contribution >= 4 is 23.7 Å². The number of benzene rings is 2. The summed E-state index contributed by atoms with van der Waals surface area (Å²) in [5, 5.41) is 2.14. The van der Waals surface area contributed by atoms with Gasteiger partial charge in [-0.3, -0.25) is 0 Å². The number of fused-ring (bicyclic) bond motifs is 1. The highest BCUT2D eigenvalue weighted by atomic mass is 32.2. The molecule has 2 heteroatoms. The molecule has 84 valence electrons. The lowest BCUT2D eigenvalue weighted by atomic mass is 10.1. The lowest BCUT2D eigenvalue weighted by Gasteiger charge is -2.26. The Hall–Kier alpha value is -1.67. The van der Waals surface area contributed by atoms with Crippen LogP contribution in [0.15, 0.2) is 60.0 Å². The predicted molar refractivity (Wildman–Crippen MR) is 75.7 cm³/mol. The third kappa shape index (κ3) is 2.22. The largest absolute Gasteiger partial charge is 0.308 e. The maximum absolute atomic E-state index is 2.32. The Morgan fingerprint density at radius 2 is 1.65 bits per heavy atom. The fourth-order valence-corrected chi connectivity index (χ4v) is 2.82. The first kappa shape index (κ1) is 10.5. The highest BCUT2D eigenvalue weighted by Crippen LogP contribution is 2.34. The van der Waals surface area contributed by atoms with E-state index in [-0.39, 0.29) is 0 Å². The Morgan fingerprint density at radius 3 is 2.53 bits per heavy atom. The molecule has 3 rings (SSSR count). The summed E-state index contributed by atoms with van der Waals surface area (Å²) in [5.74, 6) is 0. The van der Waals surface area contributed by atoms with E-state index in [0.717, 1.165) is 6.54 Å². The fourth-order valence-electron chi connectivity index (χ4n) is 1.96. The minimum atomic E-state index is 0.937. The van der Waals surface area contributed by atoms with E-state index in [1.165, 1.54) is 16.8 Å². The molecule has 1 aliphatic heterocycles. The van der Waals surface area contributed by atoms with Crippen molar-refractivity contribution in [2.75, 3.05) is 4.31 Å². The predicted octanol–water partition coefficient (Wildman–Crippen LogP) is 4.33. The van der Waals surface area contributed by atoms with Crippen LogP contribution in [0.4, 0.5) is 5.69 Å². The van der Waals surface area contributed by atoms with Gasteiger partial charge in [0.1, 0.15) is 0 Å². The van der Waals surface area contributed by atoms with E-state index in [1.54, 1.807) is 11.9 Å². The molecule has 17 heavy (non-hydrogen) atoms. The van der Waals surface area contributed by atoms with Gasteiger partial charge >= 0.3 is 0 Å². The van der Waals surface area contributed by atoms with Gasteiger partial charge in [0, 0.05) is 0 Å². The summed E-state index contributed by atoms with van der Waals surface area (Å²) < 4.78 is 2.32. The number of nitrogens with zero attached hydrogens (tertiary/aromatic N) is 1. The summed E-state index contributed by atoms with van der Waals surface area (Å²) in [7, 11) is 0. The van der Waals surface area contributed by atoms with Crippen LogP contribution in [0.3, 0.4) is 0 Å². The Bertz CT molecular complexity index is 534. The fraction of sp³-hybridized carbons (Fsp3) is 0.0667. The van der Waals surface area contributed by atoms with Gasteiger partial charge in [-0.05, 0) is 40.6 Å². The van der Waals surface area contributed by atoms with E-state index in [2.05, 4.69) is 70.4 Å². The summed E-state index contributed by atoms with van der Waals surface area (Å²) in [6.07, 6.45) is 2.17. The van der Waals surface area contributed by atoms with Crippen molar-refractivity contribution in [1.29, 1.82) is 0 Å². The van der Waals surface area contributed by atoms with Gasteiger partial charge in [-0.2, -0.15) is 0 Å². The Labute approximate surface area is 106 Å². The van der Waals surface area contributed by atoms with E-state index in [4.69, 9.17) is 0 Å². The molecule has 0 saturated heterocycles. The molecule has 1 nitrogen and oxygen atoms in total. The third-order valence-electron chi connectivity index (χ3n) is 2.81. The van der Waals surface area contributed by atoms with Crippen molar-refractivity contribution in [1.82, 2.24) is 0 Å². The van der Waals surface area contributed by atoms with Crippen LogP contribution in [-0.4, -0.2) is 0 Å². The number of rotatable bonds is 2. The number of hydrogen-bond acceptors (Lipinski definition) is 2. The molecular formula is C15H13NS. The molecule has 0 aliphatic carbocycles. The molecule has 2 aromatic rings. The molecule has 0 spiro atoms. The zero-order valence-corrected chi connectivity index (χ0v) is 10.2. The molecule has 0 aromatic heterocycles. The van der Waals surface area contributed by atoms with E-state index in [9.17, 15) is 0 Å². The van der Waals surface area contributed by atoms with Crippen LogP contribution < -0.4 is 4.31 Å². The molecule has 0 unspecified atom stereocenters. The van der Waals surface area contributed by atoms with Gasteiger partial charge in [0.15, 0.2) is 0 Å². The molecule has 2 aromatic carbocycles. The standard InChI is InChI=1S/C15H13NS/c1-2-6-13(7-3-1)12-16-15-9-5-4-8-14(15)10-11-17-16/h1-11H,12H2. The second-order valence-corrected chi connectivity index (χ2v) is 4.91. The van der Waals surface area contributed by atoms with Gasteiger partial charge < -0.3 is 4.31 Å². The summed E-state index contributed by atoms with van der Waals surface area (Å²) in [4.78, 5) is 0. The first-order valence-corrected chi connectivity index (χ1v) is 6.51.